The summed E-state index contributed by atoms with van der Waals surface area (Å²) in [5.74, 6) is 0. The molecule has 0 spiro atoms. The quantitative estimate of drug-likeness (QED) is 0.625. The van der Waals surface area contributed by atoms with Gasteiger partial charge in [-0.25, -0.2) is 4.39 Å². The van der Waals surface area contributed by atoms with Crippen LogP contribution in [0.25, 0.3) is 0 Å². The Morgan fingerprint density at radius 1 is 1.46 bits per heavy atom. The first-order valence-corrected chi connectivity index (χ1v) is 4.90. The predicted octanol–water partition coefficient (Wildman–Crippen LogP) is 1.55. The van der Waals surface area contributed by atoms with E-state index in [-0.39, 0.29) is 11.6 Å². The molecule has 0 aromatic carbocycles. The number of alkyl halides is 1. The second kappa shape index (κ2) is 3.21. The van der Waals surface area contributed by atoms with Gasteiger partial charge in [-0.1, -0.05) is 0 Å². The van der Waals surface area contributed by atoms with Crippen molar-refractivity contribution in [1.82, 2.24) is 4.90 Å². The van der Waals surface area contributed by atoms with E-state index in [0.717, 1.165) is 6.54 Å². The van der Waals surface area contributed by atoms with E-state index in [2.05, 4.69) is 25.7 Å². The molecule has 0 bridgehead atoms. The molecule has 2 N–H and O–H groups in total. The van der Waals surface area contributed by atoms with Crippen LogP contribution in [-0.4, -0.2) is 35.2 Å². The summed E-state index contributed by atoms with van der Waals surface area (Å²) in [7, 11) is 0. The number of piperidine rings is 1. The maximum Gasteiger partial charge on any atom is 0.122 e. The highest BCUT2D eigenvalue weighted by molar-refractivity contribution is 4.94. The van der Waals surface area contributed by atoms with Gasteiger partial charge in [0.25, 0.3) is 0 Å². The molecule has 1 aliphatic heterocycles. The van der Waals surface area contributed by atoms with Crippen molar-refractivity contribution >= 4 is 0 Å². The van der Waals surface area contributed by atoms with Crippen LogP contribution < -0.4 is 5.73 Å². The SMILES string of the molecule is CC1(F)CC(N)CN(C(C)(C)C)C1. The number of halogens is 1. The number of likely N-dealkylation sites (tertiary alicyclic amines) is 1. The topological polar surface area (TPSA) is 29.3 Å². The van der Waals surface area contributed by atoms with E-state index in [9.17, 15) is 4.39 Å². The summed E-state index contributed by atoms with van der Waals surface area (Å²) in [5, 5.41) is 0. The fourth-order valence-corrected chi connectivity index (χ4v) is 1.93. The first-order chi connectivity index (χ1) is 5.71. The Morgan fingerprint density at radius 3 is 2.38 bits per heavy atom. The molecule has 3 heteroatoms. The number of nitrogens with two attached hydrogens (primary N) is 1. The Labute approximate surface area is 80.3 Å². The molecule has 1 fully saturated rings. The summed E-state index contributed by atoms with van der Waals surface area (Å²) in [5.41, 5.74) is 4.71. The second-order valence-corrected chi connectivity index (χ2v) is 5.43. The third kappa shape index (κ3) is 2.92. The van der Waals surface area contributed by atoms with Crippen LogP contribution in [0.4, 0.5) is 4.39 Å². The van der Waals surface area contributed by atoms with Gasteiger partial charge >= 0.3 is 0 Å². The number of hydrogen-bond acceptors (Lipinski definition) is 2. The lowest BCUT2D eigenvalue weighted by molar-refractivity contribution is 0.00122. The molecule has 0 aromatic rings. The van der Waals surface area contributed by atoms with E-state index in [1.807, 2.05) is 0 Å². The van der Waals surface area contributed by atoms with Gasteiger partial charge in [0.05, 0.1) is 0 Å². The van der Waals surface area contributed by atoms with Crippen LogP contribution >= 0.6 is 0 Å². The van der Waals surface area contributed by atoms with E-state index < -0.39 is 5.67 Å². The van der Waals surface area contributed by atoms with Crippen molar-refractivity contribution in [3.8, 4) is 0 Å². The lowest BCUT2D eigenvalue weighted by Gasteiger charge is -2.45. The van der Waals surface area contributed by atoms with Gasteiger partial charge in [0.15, 0.2) is 0 Å². The van der Waals surface area contributed by atoms with Gasteiger partial charge in [0, 0.05) is 24.7 Å². The minimum absolute atomic E-state index is 0.0192. The summed E-state index contributed by atoms with van der Waals surface area (Å²) >= 11 is 0. The maximum atomic E-state index is 13.8. The van der Waals surface area contributed by atoms with Crippen LogP contribution in [0, 0.1) is 0 Å². The normalized spacial score (nSPS) is 37.8. The molecular weight excluding hydrogens is 167 g/mol. The molecule has 78 valence electrons. The third-order valence-electron chi connectivity index (χ3n) is 2.61. The van der Waals surface area contributed by atoms with Gasteiger partial charge < -0.3 is 5.73 Å². The van der Waals surface area contributed by atoms with Crippen LogP contribution in [0.2, 0.25) is 0 Å². The molecule has 1 rings (SSSR count). The monoisotopic (exact) mass is 188 g/mol. The van der Waals surface area contributed by atoms with Gasteiger partial charge in [-0.15, -0.1) is 0 Å². The zero-order valence-corrected chi connectivity index (χ0v) is 9.10. The van der Waals surface area contributed by atoms with Crippen LogP contribution in [-0.2, 0) is 0 Å². The highest BCUT2D eigenvalue weighted by atomic mass is 19.1. The molecule has 2 unspecified atom stereocenters. The van der Waals surface area contributed by atoms with Gasteiger partial charge in [-0.3, -0.25) is 4.90 Å². The molecule has 0 saturated carbocycles. The van der Waals surface area contributed by atoms with Crippen molar-refractivity contribution < 1.29 is 4.39 Å². The third-order valence-corrected chi connectivity index (χ3v) is 2.61. The van der Waals surface area contributed by atoms with E-state index in [4.69, 9.17) is 5.73 Å². The first-order valence-electron chi connectivity index (χ1n) is 4.90. The second-order valence-electron chi connectivity index (χ2n) is 5.43. The largest absolute Gasteiger partial charge is 0.326 e. The van der Waals surface area contributed by atoms with Crippen molar-refractivity contribution in [3.63, 3.8) is 0 Å². The van der Waals surface area contributed by atoms with E-state index >= 15 is 0 Å². The van der Waals surface area contributed by atoms with Crippen LogP contribution in [0.1, 0.15) is 34.1 Å². The summed E-state index contributed by atoms with van der Waals surface area (Å²) in [6.07, 6.45) is 0.486. The van der Waals surface area contributed by atoms with E-state index in [1.165, 1.54) is 0 Å². The minimum atomic E-state index is -1.12. The summed E-state index contributed by atoms with van der Waals surface area (Å²) in [4.78, 5) is 2.13. The zero-order valence-electron chi connectivity index (χ0n) is 9.10. The Bertz CT molecular complexity index is 184. The Hall–Kier alpha value is -0.150. The summed E-state index contributed by atoms with van der Waals surface area (Å²) in [6, 6.07) is -0.0250. The summed E-state index contributed by atoms with van der Waals surface area (Å²) in [6.45, 7) is 9.25. The van der Waals surface area contributed by atoms with Gasteiger partial charge in [-0.2, -0.15) is 0 Å². The number of rotatable bonds is 0. The van der Waals surface area contributed by atoms with Crippen LogP contribution in [0.3, 0.4) is 0 Å². The maximum absolute atomic E-state index is 13.8. The molecule has 0 aromatic heterocycles. The van der Waals surface area contributed by atoms with Crippen LogP contribution in [0.15, 0.2) is 0 Å². The van der Waals surface area contributed by atoms with E-state index in [1.54, 1.807) is 6.92 Å². The Morgan fingerprint density at radius 2 is 2.00 bits per heavy atom. The van der Waals surface area contributed by atoms with E-state index in [0.29, 0.717) is 13.0 Å². The fourth-order valence-electron chi connectivity index (χ4n) is 1.93. The van der Waals surface area contributed by atoms with Crippen molar-refractivity contribution in [2.45, 2.75) is 51.4 Å². The van der Waals surface area contributed by atoms with Gasteiger partial charge in [-0.05, 0) is 34.1 Å². The number of nitrogens with zero attached hydrogens (tertiary/aromatic N) is 1. The molecule has 1 heterocycles. The predicted molar refractivity (Wildman–Crippen MR) is 53.4 cm³/mol. The minimum Gasteiger partial charge on any atom is -0.326 e. The van der Waals surface area contributed by atoms with Gasteiger partial charge in [0.2, 0.25) is 0 Å². The van der Waals surface area contributed by atoms with Crippen molar-refractivity contribution in [1.29, 1.82) is 0 Å². The zero-order chi connectivity index (χ0) is 10.3. The molecule has 0 aliphatic carbocycles. The lowest BCUT2D eigenvalue weighted by atomic mass is 9.90. The molecule has 2 atom stereocenters. The summed E-state index contributed by atoms with van der Waals surface area (Å²) < 4.78 is 13.8. The lowest BCUT2D eigenvalue weighted by Crippen LogP contribution is -2.58. The van der Waals surface area contributed by atoms with Crippen molar-refractivity contribution in [2.24, 2.45) is 5.73 Å². The molecule has 13 heavy (non-hydrogen) atoms. The fraction of sp³-hybridized carbons (Fsp3) is 1.00. The highest BCUT2D eigenvalue weighted by Gasteiger charge is 2.38. The Kier molecular flexibility index (Phi) is 2.70. The molecular formula is C10H21FN2. The molecule has 1 aliphatic rings. The van der Waals surface area contributed by atoms with Crippen LogP contribution in [0.5, 0.6) is 0 Å². The highest BCUT2D eigenvalue weighted by Crippen LogP contribution is 2.28. The first kappa shape index (κ1) is 10.9. The molecule has 1 saturated heterocycles. The smallest absolute Gasteiger partial charge is 0.122 e. The standard InChI is InChI=1S/C10H21FN2/c1-9(2,3)13-6-8(12)5-10(4,11)7-13/h8H,5-7,12H2,1-4H3. The molecule has 0 amide bonds. The number of hydrogen-bond donors (Lipinski definition) is 1. The molecule has 2 nitrogen and oxygen atoms in total. The van der Waals surface area contributed by atoms with Gasteiger partial charge in [0.1, 0.15) is 5.67 Å². The molecule has 0 radical (unpaired) electrons. The Balaban J connectivity index is 2.69. The average Bonchev–Trinajstić information content (AvgIpc) is 1.79. The van der Waals surface area contributed by atoms with Crippen molar-refractivity contribution in [3.05, 3.63) is 0 Å². The average molecular weight is 188 g/mol. The van der Waals surface area contributed by atoms with Crippen molar-refractivity contribution in [2.75, 3.05) is 13.1 Å².